The molecule has 2 aromatic heterocycles. The van der Waals surface area contributed by atoms with Gasteiger partial charge in [0, 0.05) is 34.2 Å². The average Bonchev–Trinajstić information content (AvgIpc) is 3.68. The van der Waals surface area contributed by atoms with Crippen molar-refractivity contribution in [3.63, 3.8) is 0 Å². The first kappa shape index (κ1) is 34.9. The van der Waals surface area contributed by atoms with Gasteiger partial charge in [0.1, 0.15) is 0 Å². The Hall–Kier alpha value is -8.07. The molecule has 0 saturated heterocycles. The van der Waals surface area contributed by atoms with Gasteiger partial charge in [-0.25, -0.2) is 0 Å². The number of aromatic nitrogens is 2. The van der Waals surface area contributed by atoms with Crippen molar-refractivity contribution in [1.82, 2.24) is 9.55 Å². The van der Waals surface area contributed by atoms with E-state index in [4.69, 9.17) is 0 Å². The fraction of sp³-hybridized carbons (Fsp3) is 0. The van der Waals surface area contributed by atoms with E-state index in [0.717, 1.165) is 16.6 Å². The molecule has 0 unspecified atom stereocenters. The van der Waals surface area contributed by atoms with Crippen molar-refractivity contribution in [2.75, 3.05) is 0 Å². The number of para-hydroxylation sites is 1. The van der Waals surface area contributed by atoms with E-state index < -0.39 is 0 Å². The second-order valence-corrected chi connectivity index (χ2v) is 15.9. The van der Waals surface area contributed by atoms with E-state index in [1.807, 2.05) is 12.4 Å². The molecular weight excluding hydrogens is 737 g/mol. The van der Waals surface area contributed by atoms with Crippen molar-refractivity contribution < 1.29 is 0 Å². The summed E-state index contributed by atoms with van der Waals surface area (Å²) in [5.74, 6) is 0. The van der Waals surface area contributed by atoms with Crippen LogP contribution in [0.15, 0.2) is 231 Å². The summed E-state index contributed by atoms with van der Waals surface area (Å²) < 4.78 is 2.39. The second-order valence-electron chi connectivity index (χ2n) is 15.9. The first-order valence-electron chi connectivity index (χ1n) is 20.9. The van der Waals surface area contributed by atoms with E-state index in [1.54, 1.807) is 0 Å². The zero-order chi connectivity index (χ0) is 40.3. The molecule has 2 nitrogen and oxygen atoms in total. The molecule has 10 aromatic carbocycles. The normalized spacial score (nSPS) is 11.6. The lowest BCUT2D eigenvalue weighted by atomic mass is 9.85. The highest BCUT2D eigenvalue weighted by Gasteiger charge is 2.20. The highest BCUT2D eigenvalue weighted by Crippen LogP contribution is 2.46. The molecule has 0 aliphatic heterocycles. The molecule has 0 saturated carbocycles. The number of pyridine rings is 1. The maximum absolute atomic E-state index is 4.58. The number of hydrogen-bond donors (Lipinski definition) is 0. The number of fused-ring (bicyclic) bond motifs is 7. The van der Waals surface area contributed by atoms with Crippen LogP contribution in [-0.4, -0.2) is 9.55 Å². The van der Waals surface area contributed by atoms with Crippen LogP contribution >= 0.6 is 0 Å². The van der Waals surface area contributed by atoms with Gasteiger partial charge >= 0.3 is 0 Å². The SMILES string of the molecule is c1ccc(-c2c3ccccc3c(-c3ccccc3)c3cc(-c4ccc(-c5cccc(-c6cc7c8cnccc8n(-c8ccccc8)c7c7ccccc67)c5)cc4)ccc23)cc1. The van der Waals surface area contributed by atoms with Crippen LogP contribution in [0.3, 0.4) is 0 Å². The molecule has 0 aliphatic rings. The Morgan fingerprint density at radius 3 is 1.48 bits per heavy atom. The van der Waals surface area contributed by atoms with Crippen molar-refractivity contribution in [2.45, 2.75) is 0 Å². The fourth-order valence-corrected chi connectivity index (χ4v) is 9.71. The maximum Gasteiger partial charge on any atom is 0.0620 e. The van der Waals surface area contributed by atoms with Crippen LogP contribution in [0.1, 0.15) is 0 Å². The van der Waals surface area contributed by atoms with Crippen molar-refractivity contribution in [3.05, 3.63) is 231 Å². The van der Waals surface area contributed by atoms with Crippen LogP contribution in [0.5, 0.6) is 0 Å². The third-order valence-corrected chi connectivity index (χ3v) is 12.5. The van der Waals surface area contributed by atoms with Gasteiger partial charge in [0.15, 0.2) is 0 Å². The van der Waals surface area contributed by atoms with Crippen LogP contribution in [0.4, 0.5) is 0 Å². The van der Waals surface area contributed by atoms with E-state index >= 15 is 0 Å². The summed E-state index contributed by atoms with van der Waals surface area (Å²) in [6.45, 7) is 0. The third-order valence-electron chi connectivity index (χ3n) is 12.5. The summed E-state index contributed by atoms with van der Waals surface area (Å²) in [4.78, 5) is 4.58. The highest BCUT2D eigenvalue weighted by atomic mass is 15.0. The van der Waals surface area contributed by atoms with E-state index in [1.165, 1.54) is 98.9 Å². The molecule has 284 valence electrons. The summed E-state index contributed by atoms with van der Waals surface area (Å²) in [5, 5.41) is 9.84. The Kier molecular flexibility index (Phi) is 8.21. The molecule has 0 N–H and O–H groups in total. The number of nitrogens with zero attached hydrogens (tertiary/aromatic N) is 2. The van der Waals surface area contributed by atoms with Crippen LogP contribution in [0.2, 0.25) is 0 Å². The van der Waals surface area contributed by atoms with Gasteiger partial charge in [0.05, 0.1) is 11.0 Å². The molecule has 2 heteroatoms. The van der Waals surface area contributed by atoms with Crippen LogP contribution in [-0.2, 0) is 0 Å². The summed E-state index contributed by atoms with van der Waals surface area (Å²) in [7, 11) is 0. The van der Waals surface area contributed by atoms with Crippen LogP contribution in [0.25, 0.3) is 115 Å². The Bertz CT molecular complexity index is 3600. The molecule has 0 amide bonds. The van der Waals surface area contributed by atoms with Gasteiger partial charge in [0.2, 0.25) is 0 Å². The Labute approximate surface area is 354 Å². The molecule has 12 aromatic rings. The predicted molar refractivity (Wildman–Crippen MR) is 258 cm³/mol. The number of rotatable bonds is 6. The largest absolute Gasteiger partial charge is 0.309 e. The van der Waals surface area contributed by atoms with Gasteiger partial charge in [0.25, 0.3) is 0 Å². The van der Waals surface area contributed by atoms with Gasteiger partial charge in [-0.3, -0.25) is 4.98 Å². The molecule has 0 fully saturated rings. The smallest absolute Gasteiger partial charge is 0.0620 e. The molecule has 12 rings (SSSR count). The van der Waals surface area contributed by atoms with Gasteiger partial charge in [-0.15, -0.1) is 0 Å². The second kappa shape index (κ2) is 14.3. The standard InChI is InChI=1S/C59H38N2/c1-4-15-41(16-5-1)57-48-24-11-12-25-49(48)58(42-17-6-2-7-18-42)53-36-44(31-32-50(53)57)40-29-27-39(28-30-40)43-19-14-20-45(35-43)52-37-54-55-38-60-34-33-56(55)61(46-21-8-3-9-22-46)59(54)51-26-13-10-23-47(51)52/h1-38H. The van der Waals surface area contributed by atoms with Gasteiger partial charge < -0.3 is 4.57 Å². The van der Waals surface area contributed by atoms with Crippen LogP contribution < -0.4 is 0 Å². The molecule has 0 bridgehead atoms. The minimum absolute atomic E-state index is 1.14. The van der Waals surface area contributed by atoms with E-state index in [2.05, 4.69) is 228 Å². The first-order valence-corrected chi connectivity index (χ1v) is 20.9. The topological polar surface area (TPSA) is 17.8 Å². The van der Waals surface area contributed by atoms with E-state index in [9.17, 15) is 0 Å². The van der Waals surface area contributed by atoms with Crippen molar-refractivity contribution in [3.8, 4) is 61.3 Å². The average molecular weight is 775 g/mol. The molecule has 0 radical (unpaired) electrons. The summed E-state index contributed by atoms with van der Waals surface area (Å²) in [6, 6.07) is 79.6. The Morgan fingerprint density at radius 2 is 0.803 bits per heavy atom. The van der Waals surface area contributed by atoms with Crippen LogP contribution in [0, 0.1) is 0 Å². The molecule has 61 heavy (non-hydrogen) atoms. The van der Waals surface area contributed by atoms with Crippen molar-refractivity contribution >= 4 is 54.1 Å². The minimum atomic E-state index is 1.14. The first-order chi connectivity index (χ1) is 30.3. The molecule has 0 aliphatic carbocycles. The zero-order valence-corrected chi connectivity index (χ0v) is 33.3. The monoisotopic (exact) mass is 774 g/mol. The molecule has 0 atom stereocenters. The third kappa shape index (κ3) is 5.76. The molecule has 2 heterocycles. The van der Waals surface area contributed by atoms with E-state index in [0.29, 0.717) is 0 Å². The Balaban J connectivity index is 0.976. The lowest BCUT2D eigenvalue weighted by molar-refractivity contribution is 1.18. The van der Waals surface area contributed by atoms with Gasteiger partial charge in [-0.1, -0.05) is 182 Å². The molecule has 0 spiro atoms. The quantitative estimate of drug-likeness (QED) is 0.154. The van der Waals surface area contributed by atoms with Crippen molar-refractivity contribution in [1.29, 1.82) is 0 Å². The number of hydrogen-bond acceptors (Lipinski definition) is 1. The maximum atomic E-state index is 4.58. The minimum Gasteiger partial charge on any atom is -0.309 e. The summed E-state index contributed by atoms with van der Waals surface area (Å²) in [5.41, 5.74) is 15.7. The summed E-state index contributed by atoms with van der Waals surface area (Å²) in [6.07, 6.45) is 3.90. The lowest BCUT2D eigenvalue weighted by Crippen LogP contribution is -1.94. The van der Waals surface area contributed by atoms with Crippen molar-refractivity contribution in [2.24, 2.45) is 0 Å². The molecular formula is C59H38N2. The van der Waals surface area contributed by atoms with Gasteiger partial charge in [-0.05, 0) is 119 Å². The van der Waals surface area contributed by atoms with E-state index in [-0.39, 0.29) is 0 Å². The fourth-order valence-electron chi connectivity index (χ4n) is 9.71. The highest BCUT2D eigenvalue weighted by molar-refractivity contribution is 6.23. The van der Waals surface area contributed by atoms with Gasteiger partial charge in [-0.2, -0.15) is 0 Å². The summed E-state index contributed by atoms with van der Waals surface area (Å²) >= 11 is 0. The Morgan fingerprint density at radius 1 is 0.295 bits per heavy atom. The number of benzene rings is 10. The predicted octanol–water partition coefficient (Wildman–Crippen LogP) is 16.0. The lowest BCUT2D eigenvalue weighted by Gasteiger charge is -2.18. The zero-order valence-electron chi connectivity index (χ0n) is 33.3.